The third-order valence-electron chi connectivity index (χ3n) is 8.54. The number of thiocarbonyl (C=S) groups is 1. The minimum Gasteiger partial charge on any atom is -0.363 e. The second-order valence-corrected chi connectivity index (χ2v) is 12.3. The lowest BCUT2D eigenvalue weighted by atomic mass is 9.56. The van der Waals surface area contributed by atoms with Crippen molar-refractivity contribution < 1.29 is 14.4 Å². The van der Waals surface area contributed by atoms with Crippen LogP contribution >= 0.6 is 12.2 Å². The maximum Gasteiger partial charge on any atom is 0.332 e. The minimum atomic E-state index is -1.35. The van der Waals surface area contributed by atoms with Crippen molar-refractivity contribution >= 4 is 46.6 Å². The topological polar surface area (TPSA) is 85.0 Å². The number of hydrogen-bond acceptors (Lipinski definition) is 5. The third-order valence-corrected chi connectivity index (χ3v) is 8.79. The highest BCUT2D eigenvalue weighted by atomic mass is 32.1. The van der Waals surface area contributed by atoms with Gasteiger partial charge in [-0.3, -0.25) is 19.4 Å². The Kier molecular flexibility index (Phi) is 5.26. The van der Waals surface area contributed by atoms with Gasteiger partial charge in [-0.15, -0.1) is 0 Å². The summed E-state index contributed by atoms with van der Waals surface area (Å²) >= 11 is 5.37. The second-order valence-electron chi connectivity index (χ2n) is 11.9. The standard InChI is InChI=1S/C26H35N5O3S/c1-7-27-22(35)28-16-8-9-18-15(10-16)11-26(20(32)29(5)23(34)30(6)21(26)33)19-25(4)13-17(31(18)19)12-24(2,3)14-25/h8-10,17,19H,7,11-14H2,1-6H3,(H2,27,28,35)/t17-,19+,25+/m0/s1. The molecule has 1 saturated carbocycles. The molecule has 3 atom stereocenters. The number of urea groups is 1. The molecule has 2 N–H and O–H groups in total. The number of benzene rings is 1. The molecule has 5 rings (SSSR count). The van der Waals surface area contributed by atoms with Crippen molar-refractivity contribution in [1.82, 2.24) is 15.1 Å². The van der Waals surface area contributed by atoms with Crippen molar-refractivity contribution in [2.24, 2.45) is 16.2 Å². The van der Waals surface area contributed by atoms with Gasteiger partial charge in [-0.25, -0.2) is 4.79 Å². The number of rotatable bonds is 2. The predicted octanol–water partition coefficient (Wildman–Crippen LogP) is 3.36. The highest BCUT2D eigenvalue weighted by molar-refractivity contribution is 7.80. The summed E-state index contributed by atoms with van der Waals surface area (Å²) in [6.45, 7) is 9.49. The molecule has 9 heteroatoms. The van der Waals surface area contributed by atoms with Crippen LogP contribution in [0.1, 0.15) is 52.5 Å². The number of carbonyl (C=O) groups excluding carboxylic acids is 3. The summed E-state index contributed by atoms with van der Waals surface area (Å²) in [4.78, 5) is 45.5. The quantitative estimate of drug-likeness (QED) is 0.479. The van der Waals surface area contributed by atoms with E-state index in [4.69, 9.17) is 12.2 Å². The average molecular weight is 498 g/mol. The molecule has 1 aromatic rings. The van der Waals surface area contributed by atoms with Gasteiger partial charge in [0.1, 0.15) is 0 Å². The zero-order valence-electron chi connectivity index (χ0n) is 21.4. The van der Waals surface area contributed by atoms with Crippen LogP contribution in [0.4, 0.5) is 16.2 Å². The molecule has 188 valence electrons. The van der Waals surface area contributed by atoms with Crippen molar-refractivity contribution in [1.29, 1.82) is 0 Å². The van der Waals surface area contributed by atoms with E-state index in [1.54, 1.807) is 0 Å². The molecule has 35 heavy (non-hydrogen) atoms. The van der Waals surface area contributed by atoms with E-state index in [0.29, 0.717) is 11.7 Å². The van der Waals surface area contributed by atoms with Crippen LogP contribution in [0.2, 0.25) is 0 Å². The first-order valence-electron chi connectivity index (χ1n) is 12.4. The van der Waals surface area contributed by atoms with Crippen LogP contribution in [0.15, 0.2) is 18.2 Å². The highest BCUT2D eigenvalue weighted by Crippen LogP contribution is 2.64. The van der Waals surface area contributed by atoms with Gasteiger partial charge in [0, 0.05) is 38.1 Å². The summed E-state index contributed by atoms with van der Waals surface area (Å²) < 4.78 is 0. The second kappa shape index (κ2) is 7.66. The number of nitrogens with zero attached hydrogens (tertiary/aromatic N) is 3. The van der Waals surface area contributed by atoms with Crippen LogP contribution in [0.3, 0.4) is 0 Å². The first kappa shape index (κ1) is 24.0. The lowest BCUT2D eigenvalue weighted by Gasteiger charge is -2.54. The number of barbiturate groups is 1. The maximum atomic E-state index is 14.0. The number of imide groups is 2. The van der Waals surface area contributed by atoms with E-state index in [0.717, 1.165) is 46.0 Å². The molecule has 3 fully saturated rings. The average Bonchev–Trinajstić information content (AvgIpc) is 3.00. The van der Waals surface area contributed by atoms with E-state index < -0.39 is 11.4 Å². The van der Waals surface area contributed by atoms with Crippen LogP contribution in [-0.4, -0.2) is 65.5 Å². The fourth-order valence-corrected chi connectivity index (χ4v) is 8.13. The van der Waals surface area contributed by atoms with E-state index in [9.17, 15) is 14.4 Å². The van der Waals surface area contributed by atoms with Crippen LogP contribution in [0, 0.1) is 16.2 Å². The Labute approximate surface area is 212 Å². The van der Waals surface area contributed by atoms with Crippen LogP contribution < -0.4 is 15.5 Å². The molecule has 0 radical (unpaired) electrons. The van der Waals surface area contributed by atoms with Gasteiger partial charge >= 0.3 is 6.03 Å². The molecule has 1 aromatic carbocycles. The zero-order valence-corrected chi connectivity index (χ0v) is 22.2. The molecule has 4 amide bonds. The number of carbonyl (C=O) groups is 3. The molecule has 0 aromatic heterocycles. The molecular weight excluding hydrogens is 462 g/mol. The highest BCUT2D eigenvalue weighted by Gasteiger charge is 2.71. The summed E-state index contributed by atoms with van der Waals surface area (Å²) in [5.41, 5.74) is 1.32. The molecule has 1 spiro atoms. The SMILES string of the molecule is CCNC(=S)Nc1ccc2c(c1)CC1(C(=O)N(C)C(=O)N(C)C1=O)[C@@H]1N2[C@H]2CC(C)(C)C[C@@]1(C)C2. The first-order chi connectivity index (χ1) is 16.3. The lowest BCUT2D eigenvalue weighted by Crippen LogP contribution is -2.72. The summed E-state index contributed by atoms with van der Waals surface area (Å²) in [5, 5.41) is 6.83. The van der Waals surface area contributed by atoms with Crippen LogP contribution in [0.25, 0.3) is 0 Å². The van der Waals surface area contributed by atoms with Gasteiger partial charge in [0.2, 0.25) is 11.8 Å². The van der Waals surface area contributed by atoms with Crippen LogP contribution in [0.5, 0.6) is 0 Å². The van der Waals surface area contributed by atoms with Crippen molar-refractivity contribution in [3.63, 3.8) is 0 Å². The molecule has 2 bridgehead atoms. The van der Waals surface area contributed by atoms with Crippen molar-refractivity contribution in [2.45, 2.75) is 65.5 Å². The van der Waals surface area contributed by atoms with E-state index in [2.05, 4.69) is 42.4 Å². The normalized spacial score (nSPS) is 30.3. The Balaban J connectivity index is 1.70. The van der Waals surface area contributed by atoms with Gasteiger partial charge in [0.15, 0.2) is 10.5 Å². The minimum absolute atomic E-state index is 0.0876. The first-order valence-corrected chi connectivity index (χ1v) is 12.8. The van der Waals surface area contributed by atoms with Crippen LogP contribution in [-0.2, 0) is 16.0 Å². The monoisotopic (exact) mass is 497 g/mol. The Hall–Kier alpha value is -2.68. The number of nitrogens with one attached hydrogen (secondary N) is 2. The molecule has 0 unspecified atom stereocenters. The Bertz CT molecular complexity index is 1130. The number of amides is 4. The summed E-state index contributed by atoms with van der Waals surface area (Å²) in [6.07, 6.45) is 3.10. The molecule has 1 aliphatic carbocycles. The molecule has 4 aliphatic rings. The Morgan fingerprint density at radius 3 is 2.37 bits per heavy atom. The predicted molar refractivity (Wildman–Crippen MR) is 139 cm³/mol. The van der Waals surface area contributed by atoms with E-state index in [1.807, 2.05) is 19.1 Å². The van der Waals surface area contributed by atoms with Gasteiger partial charge in [0.25, 0.3) is 0 Å². The van der Waals surface area contributed by atoms with Gasteiger partial charge in [0.05, 0.1) is 6.04 Å². The molecule has 2 saturated heterocycles. The fraction of sp³-hybridized carbons (Fsp3) is 0.615. The summed E-state index contributed by atoms with van der Waals surface area (Å²) in [5.74, 6) is -0.779. The molecule has 8 nitrogen and oxygen atoms in total. The maximum absolute atomic E-state index is 14.0. The van der Waals surface area contributed by atoms with Crippen molar-refractivity contribution in [3.8, 4) is 0 Å². The van der Waals surface area contributed by atoms with E-state index in [1.165, 1.54) is 14.1 Å². The molecule has 3 heterocycles. The van der Waals surface area contributed by atoms with Crippen molar-refractivity contribution in [3.05, 3.63) is 23.8 Å². The van der Waals surface area contributed by atoms with Gasteiger partial charge in [-0.2, -0.15) is 0 Å². The van der Waals surface area contributed by atoms with E-state index >= 15 is 0 Å². The van der Waals surface area contributed by atoms with Gasteiger partial charge < -0.3 is 15.5 Å². The fourth-order valence-electron chi connectivity index (χ4n) is 7.87. The third kappa shape index (κ3) is 3.30. The van der Waals surface area contributed by atoms with Gasteiger partial charge in [-0.05, 0) is 79.4 Å². The number of anilines is 2. The smallest absolute Gasteiger partial charge is 0.332 e. The Morgan fingerprint density at radius 1 is 1.09 bits per heavy atom. The van der Waals surface area contributed by atoms with Gasteiger partial charge in [-0.1, -0.05) is 20.8 Å². The largest absolute Gasteiger partial charge is 0.363 e. The summed E-state index contributed by atoms with van der Waals surface area (Å²) in [6, 6.07) is 5.46. The lowest BCUT2D eigenvalue weighted by molar-refractivity contribution is -0.161. The summed E-state index contributed by atoms with van der Waals surface area (Å²) in [7, 11) is 2.99. The molecule has 3 aliphatic heterocycles. The molecular formula is C26H35N5O3S. The van der Waals surface area contributed by atoms with E-state index in [-0.39, 0.29) is 41.1 Å². The zero-order chi connectivity index (χ0) is 25.5. The number of fused-ring (bicyclic) bond motifs is 8. The Morgan fingerprint density at radius 2 is 1.74 bits per heavy atom. The van der Waals surface area contributed by atoms with Crippen molar-refractivity contribution in [2.75, 3.05) is 30.9 Å². The number of hydrogen-bond donors (Lipinski definition) is 2.